The van der Waals surface area contributed by atoms with Gasteiger partial charge in [0, 0.05) is 11.5 Å². The molecule has 0 radical (unpaired) electrons. The summed E-state index contributed by atoms with van der Waals surface area (Å²) in [5.41, 5.74) is 3.51. The second-order valence-corrected chi connectivity index (χ2v) is 7.90. The second kappa shape index (κ2) is 7.99. The topological polar surface area (TPSA) is 76.4 Å². The van der Waals surface area contributed by atoms with Crippen molar-refractivity contribution in [2.24, 2.45) is 0 Å². The van der Waals surface area contributed by atoms with Crippen molar-refractivity contribution in [1.29, 1.82) is 0 Å². The van der Waals surface area contributed by atoms with Crippen molar-refractivity contribution in [2.75, 3.05) is 12.4 Å². The van der Waals surface area contributed by atoms with E-state index in [-0.39, 0.29) is 11.0 Å². The first kappa shape index (κ1) is 20.5. The molecule has 1 heterocycles. The average molecular weight is 393 g/mol. The highest BCUT2D eigenvalue weighted by molar-refractivity contribution is 5.95. The molecule has 3 rings (SSSR count). The van der Waals surface area contributed by atoms with Gasteiger partial charge >= 0.3 is 5.97 Å². The summed E-state index contributed by atoms with van der Waals surface area (Å²) in [6.07, 6.45) is 0.864. The molecular formula is C23H27N3O3. The van der Waals surface area contributed by atoms with E-state index >= 15 is 0 Å². The molecule has 0 atom stereocenters. The fourth-order valence-electron chi connectivity index (χ4n) is 3.11. The van der Waals surface area contributed by atoms with Gasteiger partial charge in [0.05, 0.1) is 29.7 Å². The zero-order chi connectivity index (χ0) is 21.2. The number of para-hydroxylation sites is 1. The molecule has 0 amide bonds. The number of methoxy groups -OCH3 is 1. The lowest BCUT2D eigenvalue weighted by atomic mass is 9.92. The van der Waals surface area contributed by atoms with Crippen LogP contribution in [-0.2, 0) is 11.8 Å². The summed E-state index contributed by atoms with van der Waals surface area (Å²) in [4.78, 5) is 11.8. The van der Waals surface area contributed by atoms with Crippen molar-refractivity contribution in [1.82, 2.24) is 9.78 Å². The Morgan fingerprint density at radius 1 is 1.17 bits per heavy atom. The van der Waals surface area contributed by atoms with E-state index < -0.39 is 5.97 Å². The minimum Gasteiger partial charge on any atom is -0.497 e. The Morgan fingerprint density at radius 3 is 2.52 bits per heavy atom. The van der Waals surface area contributed by atoms with Crippen LogP contribution in [-0.4, -0.2) is 28.0 Å². The summed E-state index contributed by atoms with van der Waals surface area (Å²) in [5, 5.41) is 17.8. The lowest BCUT2D eigenvalue weighted by molar-refractivity contribution is 0.0697. The number of carbonyl (C=O) groups is 1. The minimum absolute atomic E-state index is 0.137. The Kier molecular flexibility index (Phi) is 5.64. The van der Waals surface area contributed by atoms with Crippen LogP contribution in [0.2, 0.25) is 0 Å². The van der Waals surface area contributed by atoms with E-state index in [2.05, 4.69) is 39.1 Å². The van der Waals surface area contributed by atoms with Gasteiger partial charge in [0.25, 0.3) is 0 Å². The standard InChI is InChI=1S/C23H27N3O3/c1-6-15-9-7-8-10-19(15)26-21(14-20(25-26)23(2,3)4)24-18-12-11-16(29-5)13-17(18)22(27)28/h7-14,24H,6H2,1-5H3,(H,27,28). The molecule has 0 fully saturated rings. The van der Waals surface area contributed by atoms with Crippen molar-refractivity contribution in [3.05, 3.63) is 65.4 Å². The second-order valence-electron chi connectivity index (χ2n) is 7.90. The molecule has 0 aliphatic carbocycles. The Labute approximate surface area is 171 Å². The SMILES string of the molecule is CCc1ccccc1-n1nc(C(C)(C)C)cc1Nc1ccc(OC)cc1C(=O)O. The van der Waals surface area contributed by atoms with E-state index in [1.165, 1.54) is 13.2 Å². The molecule has 2 N–H and O–H groups in total. The maximum atomic E-state index is 11.8. The first-order valence-electron chi connectivity index (χ1n) is 9.61. The number of nitrogens with zero attached hydrogens (tertiary/aromatic N) is 2. The van der Waals surface area contributed by atoms with Gasteiger partial charge in [0.15, 0.2) is 0 Å². The molecule has 152 valence electrons. The quantitative estimate of drug-likeness (QED) is 0.603. The molecule has 3 aromatic rings. The predicted molar refractivity (Wildman–Crippen MR) is 115 cm³/mol. The molecule has 29 heavy (non-hydrogen) atoms. The summed E-state index contributed by atoms with van der Waals surface area (Å²) in [7, 11) is 1.51. The van der Waals surface area contributed by atoms with Crippen molar-refractivity contribution in [3.8, 4) is 11.4 Å². The van der Waals surface area contributed by atoms with Crippen molar-refractivity contribution < 1.29 is 14.6 Å². The Hall–Kier alpha value is -3.28. The van der Waals surface area contributed by atoms with E-state index in [1.54, 1.807) is 12.1 Å². The van der Waals surface area contributed by atoms with Crippen molar-refractivity contribution >= 4 is 17.5 Å². The number of carboxylic acid groups (broad SMARTS) is 1. The minimum atomic E-state index is -1.03. The fraction of sp³-hybridized carbons (Fsp3) is 0.304. The third kappa shape index (κ3) is 4.26. The maximum absolute atomic E-state index is 11.8. The number of benzene rings is 2. The predicted octanol–water partition coefficient (Wildman–Crippen LogP) is 5.18. The normalized spacial score (nSPS) is 11.3. The van der Waals surface area contributed by atoms with Gasteiger partial charge in [-0.05, 0) is 36.2 Å². The molecule has 6 nitrogen and oxygen atoms in total. The van der Waals surface area contributed by atoms with Crippen LogP contribution in [0.25, 0.3) is 5.69 Å². The summed E-state index contributed by atoms with van der Waals surface area (Å²) >= 11 is 0. The van der Waals surface area contributed by atoms with Gasteiger partial charge in [-0.2, -0.15) is 5.10 Å². The third-order valence-electron chi connectivity index (χ3n) is 4.80. The number of anilines is 2. The Bertz CT molecular complexity index is 1030. The molecule has 2 aromatic carbocycles. The first-order chi connectivity index (χ1) is 13.7. The van der Waals surface area contributed by atoms with Crippen LogP contribution in [0, 0.1) is 0 Å². The van der Waals surface area contributed by atoms with Crippen LogP contribution in [0.1, 0.15) is 49.3 Å². The number of aromatic carboxylic acids is 1. The number of aromatic nitrogens is 2. The van der Waals surface area contributed by atoms with Crippen molar-refractivity contribution in [2.45, 2.75) is 39.5 Å². The summed E-state index contributed by atoms with van der Waals surface area (Å²) < 4.78 is 7.03. The molecule has 6 heteroatoms. The van der Waals surface area contributed by atoms with E-state index in [0.717, 1.165) is 23.4 Å². The van der Waals surface area contributed by atoms with E-state index in [1.807, 2.05) is 28.9 Å². The number of rotatable bonds is 6. The van der Waals surface area contributed by atoms with Crippen LogP contribution in [0.5, 0.6) is 5.75 Å². The van der Waals surface area contributed by atoms with Crippen LogP contribution in [0.15, 0.2) is 48.5 Å². The first-order valence-corrected chi connectivity index (χ1v) is 9.61. The summed E-state index contributed by atoms with van der Waals surface area (Å²) in [6, 6.07) is 15.0. The molecule has 0 saturated heterocycles. The van der Waals surface area contributed by atoms with E-state index in [0.29, 0.717) is 17.3 Å². The van der Waals surface area contributed by atoms with Gasteiger partial charge in [-0.1, -0.05) is 45.9 Å². The number of aryl methyl sites for hydroxylation is 1. The van der Waals surface area contributed by atoms with Crippen LogP contribution < -0.4 is 10.1 Å². The highest BCUT2D eigenvalue weighted by Crippen LogP contribution is 2.31. The maximum Gasteiger partial charge on any atom is 0.337 e. The summed E-state index contributed by atoms with van der Waals surface area (Å²) in [5.74, 6) is 0.180. The van der Waals surface area contributed by atoms with Gasteiger partial charge in [-0.25, -0.2) is 9.48 Å². The molecular weight excluding hydrogens is 366 g/mol. The number of nitrogens with one attached hydrogen (secondary N) is 1. The van der Waals surface area contributed by atoms with Gasteiger partial charge < -0.3 is 15.2 Å². The molecule has 0 saturated carbocycles. The smallest absolute Gasteiger partial charge is 0.337 e. The zero-order valence-corrected chi connectivity index (χ0v) is 17.5. The van der Waals surface area contributed by atoms with Crippen molar-refractivity contribution in [3.63, 3.8) is 0 Å². The largest absolute Gasteiger partial charge is 0.497 e. The molecule has 0 spiro atoms. The number of hydrogen-bond donors (Lipinski definition) is 2. The number of ether oxygens (including phenoxy) is 1. The van der Waals surface area contributed by atoms with Gasteiger partial charge in [0.1, 0.15) is 11.6 Å². The lowest BCUT2D eigenvalue weighted by Gasteiger charge is -2.15. The molecule has 0 bridgehead atoms. The molecule has 0 unspecified atom stereocenters. The van der Waals surface area contributed by atoms with E-state index in [9.17, 15) is 9.90 Å². The monoisotopic (exact) mass is 393 g/mol. The van der Waals surface area contributed by atoms with Crippen LogP contribution >= 0.6 is 0 Å². The summed E-state index contributed by atoms with van der Waals surface area (Å²) in [6.45, 7) is 8.41. The van der Waals surface area contributed by atoms with Crippen LogP contribution in [0.4, 0.5) is 11.5 Å². The van der Waals surface area contributed by atoms with E-state index in [4.69, 9.17) is 9.84 Å². The zero-order valence-electron chi connectivity index (χ0n) is 17.5. The number of carboxylic acids is 1. The van der Waals surface area contributed by atoms with Gasteiger partial charge in [0.2, 0.25) is 0 Å². The van der Waals surface area contributed by atoms with Gasteiger partial charge in [-0.3, -0.25) is 0 Å². The average Bonchev–Trinajstić information content (AvgIpc) is 3.12. The fourth-order valence-corrected chi connectivity index (χ4v) is 3.11. The Morgan fingerprint density at radius 2 is 1.90 bits per heavy atom. The van der Waals surface area contributed by atoms with Gasteiger partial charge in [-0.15, -0.1) is 0 Å². The highest BCUT2D eigenvalue weighted by atomic mass is 16.5. The lowest BCUT2D eigenvalue weighted by Crippen LogP contribution is -2.13. The Balaban J connectivity index is 2.15. The molecule has 0 aliphatic rings. The highest BCUT2D eigenvalue weighted by Gasteiger charge is 2.22. The molecule has 0 aliphatic heterocycles. The third-order valence-corrected chi connectivity index (χ3v) is 4.80. The number of hydrogen-bond acceptors (Lipinski definition) is 4. The van der Waals surface area contributed by atoms with Crippen LogP contribution in [0.3, 0.4) is 0 Å². The molecule has 1 aromatic heterocycles.